The summed E-state index contributed by atoms with van der Waals surface area (Å²) in [4.78, 5) is 12.0. The van der Waals surface area contributed by atoms with Crippen LogP contribution in [0.2, 0.25) is 10.0 Å². The quantitative estimate of drug-likeness (QED) is 0.411. The predicted molar refractivity (Wildman–Crippen MR) is 111 cm³/mol. The number of hydrogen-bond acceptors (Lipinski definition) is 5. The summed E-state index contributed by atoms with van der Waals surface area (Å²) in [6.07, 6.45) is 0. The Bertz CT molecular complexity index is 953. The Morgan fingerprint density at radius 3 is 2.38 bits per heavy atom. The molecule has 0 atom stereocenters. The molecule has 26 heavy (non-hydrogen) atoms. The molecule has 0 aliphatic rings. The normalized spacial score (nSPS) is 10.7. The molecule has 3 aromatic rings. The van der Waals surface area contributed by atoms with Crippen LogP contribution in [0.3, 0.4) is 0 Å². The van der Waals surface area contributed by atoms with E-state index in [2.05, 4.69) is 10.4 Å². The summed E-state index contributed by atoms with van der Waals surface area (Å²) in [5.74, 6) is 0.209. The van der Waals surface area contributed by atoms with E-state index >= 15 is 0 Å². The lowest BCUT2D eigenvalue weighted by Gasteiger charge is -2.04. The molecule has 0 saturated carbocycles. The summed E-state index contributed by atoms with van der Waals surface area (Å²) in [6.45, 7) is 0.464. The van der Waals surface area contributed by atoms with E-state index in [-0.39, 0.29) is 11.7 Å². The van der Waals surface area contributed by atoms with Crippen molar-refractivity contribution >= 4 is 64.4 Å². The Hall–Kier alpha value is -1.38. The number of halogens is 2. The van der Waals surface area contributed by atoms with E-state index < -0.39 is 0 Å². The molecule has 9 heteroatoms. The molecular formula is C17H13Cl2N3OS3. The van der Waals surface area contributed by atoms with Crippen LogP contribution in [0.4, 0.5) is 0 Å². The fourth-order valence-electron chi connectivity index (χ4n) is 2.05. The highest BCUT2D eigenvalue weighted by molar-refractivity contribution is 8.01. The second-order valence-corrected chi connectivity index (χ2v) is 8.93. The zero-order chi connectivity index (χ0) is 18.5. The maximum atomic E-state index is 12.0. The van der Waals surface area contributed by atoms with Crippen LogP contribution in [-0.4, -0.2) is 21.4 Å². The summed E-state index contributed by atoms with van der Waals surface area (Å²) in [7, 11) is 0. The molecule has 0 aliphatic carbocycles. The molecule has 0 spiro atoms. The molecular weight excluding hydrogens is 429 g/mol. The number of amides is 1. The van der Waals surface area contributed by atoms with Crippen LogP contribution < -0.4 is 5.32 Å². The van der Waals surface area contributed by atoms with Crippen LogP contribution in [0.15, 0.2) is 52.9 Å². The van der Waals surface area contributed by atoms with E-state index in [1.807, 2.05) is 24.3 Å². The molecule has 0 fully saturated rings. The molecule has 0 radical (unpaired) electrons. The molecule has 4 nitrogen and oxygen atoms in total. The van der Waals surface area contributed by atoms with Gasteiger partial charge in [0.2, 0.25) is 5.91 Å². The summed E-state index contributed by atoms with van der Waals surface area (Å²) in [6, 6.07) is 14.6. The fraction of sp³-hybridized carbons (Fsp3) is 0.118. The van der Waals surface area contributed by atoms with Gasteiger partial charge in [0.15, 0.2) is 8.29 Å². The van der Waals surface area contributed by atoms with Crippen molar-refractivity contribution in [3.63, 3.8) is 0 Å². The number of nitrogens with zero attached hydrogens (tertiary/aromatic N) is 2. The van der Waals surface area contributed by atoms with Crippen LogP contribution >= 0.6 is 58.5 Å². The van der Waals surface area contributed by atoms with Gasteiger partial charge in [0.25, 0.3) is 0 Å². The molecule has 3 rings (SSSR count). The van der Waals surface area contributed by atoms with Crippen molar-refractivity contribution in [2.75, 3.05) is 5.75 Å². The Morgan fingerprint density at radius 1 is 1.12 bits per heavy atom. The highest BCUT2D eigenvalue weighted by atomic mass is 35.5. The number of hydrogen-bond donors (Lipinski definition) is 1. The molecule has 1 N–H and O–H groups in total. The van der Waals surface area contributed by atoms with E-state index in [0.717, 1.165) is 15.6 Å². The van der Waals surface area contributed by atoms with Crippen molar-refractivity contribution in [3.05, 3.63) is 68.1 Å². The molecule has 1 aromatic heterocycles. The average molecular weight is 442 g/mol. The lowest BCUT2D eigenvalue weighted by atomic mass is 10.2. The Balaban J connectivity index is 1.55. The highest BCUT2D eigenvalue weighted by Crippen LogP contribution is 2.24. The zero-order valence-electron chi connectivity index (χ0n) is 13.3. The van der Waals surface area contributed by atoms with Crippen molar-refractivity contribution in [2.24, 2.45) is 0 Å². The molecule has 1 amide bonds. The van der Waals surface area contributed by atoms with Crippen molar-refractivity contribution in [1.29, 1.82) is 0 Å². The Labute approximate surface area is 174 Å². The largest absolute Gasteiger partial charge is 0.351 e. The summed E-state index contributed by atoms with van der Waals surface area (Å²) in [5, 5.41) is 8.67. The van der Waals surface area contributed by atoms with E-state index in [1.54, 1.807) is 28.9 Å². The summed E-state index contributed by atoms with van der Waals surface area (Å²) >= 11 is 19.8. The standard InChI is InChI=1S/C17H13Cl2N3OS3/c18-12-3-1-11(2-4-12)9-20-15(23)10-25-16-21-22(17(24)26-16)14-7-5-13(19)6-8-14/h1-8H,9-10H2,(H,20,23). The minimum absolute atomic E-state index is 0.0656. The molecule has 0 bridgehead atoms. The minimum atomic E-state index is -0.0656. The molecule has 0 saturated heterocycles. The van der Waals surface area contributed by atoms with Crippen LogP contribution in [0.5, 0.6) is 0 Å². The van der Waals surface area contributed by atoms with Gasteiger partial charge in [0, 0.05) is 16.6 Å². The van der Waals surface area contributed by atoms with Crippen LogP contribution in [0.25, 0.3) is 5.69 Å². The second-order valence-electron chi connectivity index (χ2n) is 5.21. The van der Waals surface area contributed by atoms with Crippen molar-refractivity contribution < 1.29 is 4.79 Å². The predicted octanol–water partition coefficient (Wildman–Crippen LogP) is 5.38. The van der Waals surface area contributed by atoms with Crippen molar-refractivity contribution in [2.45, 2.75) is 10.9 Å². The summed E-state index contributed by atoms with van der Waals surface area (Å²) < 4.78 is 3.03. The average Bonchev–Trinajstić information content (AvgIpc) is 3.01. The summed E-state index contributed by atoms with van der Waals surface area (Å²) in [5.41, 5.74) is 1.84. The van der Waals surface area contributed by atoms with Crippen LogP contribution in [0, 0.1) is 3.95 Å². The fourth-order valence-corrected chi connectivity index (χ4v) is 4.49. The molecule has 134 valence electrons. The maximum absolute atomic E-state index is 12.0. The van der Waals surface area contributed by atoms with Crippen molar-refractivity contribution in [3.8, 4) is 5.69 Å². The van der Waals surface area contributed by atoms with E-state index in [1.165, 1.54) is 23.1 Å². The van der Waals surface area contributed by atoms with Gasteiger partial charge in [-0.05, 0) is 54.2 Å². The maximum Gasteiger partial charge on any atom is 0.230 e. The number of nitrogens with one attached hydrogen (secondary N) is 1. The number of carbonyl (C=O) groups excluding carboxylic acids is 1. The molecule has 0 aliphatic heterocycles. The highest BCUT2D eigenvalue weighted by Gasteiger charge is 2.09. The van der Waals surface area contributed by atoms with Crippen molar-refractivity contribution in [1.82, 2.24) is 15.1 Å². The Kier molecular flexibility index (Phi) is 6.72. The number of aromatic nitrogens is 2. The van der Waals surface area contributed by atoms with Gasteiger partial charge in [-0.25, -0.2) is 4.68 Å². The van der Waals surface area contributed by atoms with Gasteiger partial charge in [0.05, 0.1) is 11.4 Å². The third-order valence-electron chi connectivity index (χ3n) is 3.33. The van der Waals surface area contributed by atoms with Crippen LogP contribution in [0.1, 0.15) is 5.56 Å². The third-order valence-corrected chi connectivity index (χ3v) is 6.20. The Morgan fingerprint density at radius 2 is 1.73 bits per heavy atom. The minimum Gasteiger partial charge on any atom is -0.351 e. The van der Waals surface area contributed by atoms with Crippen LogP contribution in [-0.2, 0) is 11.3 Å². The van der Waals surface area contributed by atoms with Gasteiger partial charge < -0.3 is 5.32 Å². The van der Waals surface area contributed by atoms with Gasteiger partial charge in [0.1, 0.15) is 0 Å². The topological polar surface area (TPSA) is 46.9 Å². The number of benzene rings is 2. The zero-order valence-corrected chi connectivity index (χ0v) is 17.3. The first-order chi connectivity index (χ1) is 12.5. The van der Waals surface area contributed by atoms with Gasteiger partial charge in [-0.2, -0.15) is 0 Å². The lowest BCUT2D eigenvalue weighted by Crippen LogP contribution is -2.24. The molecule has 0 unspecified atom stereocenters. The number of carbonyl (C=O) groups is 1. The van der Waals surface area contributed by atoms with E-state index in [9.17, 15) is 4.79 Å². The first-order valence-corrected chi connectivity index (χ1v) is 10.5. The third kappa shape index (κ3) is 5.31. The number of rotatable bonds is 6. The smallest absolute Gasteiger partial charge is 0.230 e. The second kappa shape index (κ2) is 9.01. The number of thioether (sulfide) groups is 1. The SMILES string of the molecule is O=C(CSc1nn(-c2ccc(Cl)cc2)c(=S)s1)NCc1ccc(Cl)cc1. The van der Waals surface area contributed by atoms with E-state index in [0.29, 0.717) is 20.5 Å². The van der Waals surface area contributed by atoms with Gasteiger partial charge in [-0.1, -0.05) is 58.4 Å². The molecule has 1 heterocycles. The first-order valence-electron chi connectivity index (χ1n) is 7.51. The first kappa shape index (κ1) is 19.4. The van der Waals surface area contributed by atoms with E-state index in [4.69, 9.17) is 35.4 Å². The van der Waals surface area contributed by atoms with Gasteiger partial charge >= 0.3 is 0 Å². The monoisotopic (exact) mass is 441 g/mol. The molecule has 2 aromatic carbocycles. The van der Waals surface area contributed by atoms with Gasteiger partial charge in [-0.3, -0.25) is 4.79 Å². The lowest BCUT2D eigenvalue weighted by molar-refractivity contribution is -0.118. The van der Waals surface area contributed by atoms with Gasteiger partial charge in [-0.15, -0.1) is 5.10 Å².